The number of benzene rings is 2. The Balaban J connectivity index is 2.01. The number of phenols is 1. The van der Waals surface area contributed by atoms with E-state index in [2.05, 4.69) is 10.6 Å². The number of para-hydroxylation sites is 1. The summed E-state index contributed by atoms with van der Waals surface area (Å²) in [6, 6.07) is 11.3. The van der Waals surface area contributed by atoms with Crippen molar-refractivity contribution in [2.75, 3.05) is 10.6 Å². The fraction of sp³-hybridized carbons (Fsp3) is 0. The lowest BCUT2D eigenvalue weighted by molar-refractivity contribution is 0.262. The summed E-state index contributed by atoms with van der Waals surface area (Å²) in [7, 11) is 0. The van der Waals surface area contributed by atoms with Gasteiger partial charge in [0.15, 0.2) is 0 Å². The molecule has 0 heterocycles. The highest BCUT2D eigenvalue weighted by molar-refractivity contribution is 5.99. The van der Waals surface area contributed by atoms with Crippen LogP contribution in [0.2, 0.25) is 0 Å². The molecule has 2 aromatic rings. The first-order valence-corrected chi connectivity index (χ1v) is 5.27. The quantitative estimate of drug-likeness (QED) is 0.713. The van der Waals surface area contributed by atoms with E-state index < -0.39 is 11.8 Å². The van der Waals surface area contributed by atoms with Gasteiger partial charge in [0.2, 0.25) is 0 Å². The maximum atomic E-state index is 13.3. The van der Waals surface area contributed by atoms with Crippen molar-refractivity contribution in [2.45, 2.75) is 0 Å². The first-order valence-electron chi connectivity index (χ1n) is 5.27. The number of aromatic hydroxyl groups is 1. The molecule has 3 N–H and O–H groups in total. The van der Waals surface area contributed by atoms with Crippen LogP contribution in [-0.4, -0.2) is 11.1 Å². The Morgan fingerprint density at radius 1 is 1.00 bits per heavy atom. The van der Waals surface area contributed by atoms with Gasteiger partial charge in [0.25, 0.3) is 0 Å². The Hall–Kier alpha value is -2.56. The SMILES string of the molecule is O=C(Nc1ccc(O)cc1)Nc1ccccc1F. The predicted molar refractivity (Wildman–Crippen MR) is 67.1 cm³/mol. The minimum absolute atomic E-state index is 0.105. The van der Waals surface area contributed by atoms with Gasteiger partial charge in [-0.15, -0.1) is 0 Å². The molecule has 0 bridgehead atoms. The van der Waals surface area contributed by atoms with Crippen molar-refractivity contribution >= 4 is 17.4 Å². The number of nitrogens with one attached hydrogen (secondary N) is 2. The molecule has 0 unspecified atom stereocenters. The molecule has 0 aliphatic carbocycles. The second-order valence-corrected chi connectivity index (χ2v) is 3.61. The molecule has 0 aromatic heterocycles. The molecular formula is C13H11FN2O2. The Kier molecular flexibility index (Phi) is 3.43. The molecule has 2 rings (SSSR count). The maximum absolute atomic E-state index is 13.3. The lowest BCUT2D eigenvalue weighted by Crippen LogP contribution is -2.19. The van der Waals surface area contributed by atoms with Crippen LogP contribution in [0.5, 0.6) is 5.75 Å². The van der Waals surface area contributed by atoms with Crippen LogP contribution in [0.3, 0.4) is 0 Å². The third-order valence-corrected chi connectivity index (χ3v) is 2.25. The third-order valence-electron chi connectivity index (χ3n) is 2.25. The zero-order chi connectivity index (χ0) is 13.0. The molecule has 0 fully saturated rings. The van der Waals surface area contributed by atoms with Crippen LogP contribution in [0.15, 0.2) is 48.5 Å². The molecule has 0 radical (unpaired) electrons. The highest BCUT2D eigenvalue weighted by atomic mass is 19.1. The molecule has 0 saturated carbocycles. The smallest absolute Gasteiger partial charge is 0.323 e. The van der Waals surface area contributed by atoms with Crippen LogP contribution < -0.4 is 10.6 Å². The summed E-state index contributed by atoms with van der Waals surface area (Å²) >= 11 is 0. The van der Waals surface area contributed by atoms with Gasteiger partial charge >= 0.3 is 6.03 Å². The van der Waals surface area contributed by atoms with Crippen molar-refractivity contribution < 1.29 is 14.3 Å². The van der Waals surface area contributed by atoms with E-state index in [1.54, 1.807) is 12.1 Å². The summed E-state index contributed by atoms with van der Waals surface area (Å²) < 4.78 is 13.3. The van der Waals surface area contributed by atoms with E-state index in [0.717, 1.165) is 0 Å². The number of phenolic OH excluding ortho intramolecular Hbond substituents is 1. The minimum Gasteiger partial charge on any atom is -0.508 e. The van der Waals surface area contributed by atoms with Crippen LogP contribution in [0.4, 0.5) is 20.6 Å². The normalized spacial score (nSPS) is 9.83. The average Bonchev–Trinajstić information content (AvgIpc) is 2.35. The molecule has 0 saturated heterocycles. The first-order chi connectivity index (χ1) is 8.65. The number of hydrogen-bond donors (Lipinski definition) is 3. The van der Waals surface area contributed by atoms with E-state index in [0.29, 0.717) is 5.69 Å². The van der Waals surface area contributed by atoms with Crippen LogP contribution >= 0.6 is 0 Å². The molecule has 92 valence electrons. The van der Waals surface area contributed by atoms with Gasteiger partial charge in [0.1, 0.15) is 11.6 Å². The number of carbonyl (C=O) groups is 1. The van der Waals surface area contributed by atoms with E-state index in [-0.39, 0.29) is 11.4 Å². The van der Waals surface area contributed by atoms with Crippen molar-refractivity contribution in [2.24, 2.45) is 0 Å². The van der Waals surface area contributed by atoms with Gasteiger partial charge in [-0.3, -0.25) is 0 Å². The fourth-order valence-corrected chi connectivity index (χ4v) is 1.39. The minimum atomic E-state index is -0.550. The third kappa shape index (κ3) is 2.98. The Labute approximate surface area is 103 Å². The Morgan fingerprint density at radius 3 is 2.33 bits per heavy atom. The molecule has 2 amide bonds. The molecule has 5 heteroatoms. The van der Waals surface area contributed by atoms with E-state index in [1.165, 1.54) is 36.4 Å². The molecule has 0 aliphatic heterocycles. The Bertz CT molecular complexity index is 555. The summed E-state index contributed by atoms with van der Waals surface area (Å²) in [6.07, 6.45) is 0. The molecule has 0 spiro atoms. The molecule has 2 aromatic carbocycles. The summed E-state index contributed by atoms with van der Waals surface area (Å²) in [5.74, 6) is -0.395. The van der Waals surface area contributed by atoms with Gasteiger partial charge in [0.05, 0.1) is 5.69 Å². The standard InChI is InChI=1S/C13H11FN2O2/c14-11-3-1-2-4-12(11)16-13(18)15-9-5-7-10(17)8-6-9/h1-8,17H,(H2,15,16,18). The van der Waals surface area contributed by atoms with Gasteiger partial charge < -0.3 is 15.7 Å². The number of halogens is 1. The van der Waals surface area contributed by atoms with E-state index >= 15 is 0 Å². The van der Waals surface area contributed by atoms with E-state index in [9.17, 15) is 9.18 Å². The van der Waals surface area contributed by atoms with Crippen molar-refractivity contribution in [1.29, 1.82) is 0 Å². The van der Waals surface area contributed by atoms with Crippen LogP contribution in [0.25, 0.3) is 0 Å². The maximum Gasteiger partial charge on any atom is 0.323 e. The van der Waals surface area contributed by atoms with E-state index in [4.69, 9.17) is 5.11 Å². The first kappa shape index (κ1) is 11.9. The molecule has 18 heavy (non-hydrogen) atoms. The average molecular weight is 246 g/mol. The highest BCUT2D eigenvalue weighted by Gasteiger charge is 2.05. The van der Waals surface area contributed by atoms with Gasteiger partial charge in [-0.2, -0.15) is 0 Å². The lowest BCUT2D eigenvalue weighted by Gasteiger charge is -2.08. The second kappa shape index (κ2) is 5.18. The topological polar surface area (TPSA) is 61.4 Å². The number of urea groups is 1. The van der Waals surface area contributed by atoms with Crippen LogP contribution in [0, 0.1) is 5.82 Å². The van der Waals surface area contributed by atoms with E-state index in [1.807, 2.05) is 0 Å². The van der Waals surface area contributed by atoms with Gasteiger partial charge in [0, 0.05) is 5.69 Å². The van der Waals surface area contributed by atoms with Crippen LogP contribution in [0.1, 0.15) is 0 Å². The fourth-order valence-electron chi connectivity index (χ4n) is 1.39. The summed E-state index contributed by atoms with van der Waals surface area (Å²) in [5.41, 5.74) is 0.607. The largest absolute Gasteiger partial charge is 0.508 e. The number of carbonyl (C=O) groups excluding carboxylic acids is 1. The lowest BCUT2D eigenvalue weighted by atomic mass is 10.3. The van der Waals surface area contributed by atoms with Gasteiger partial charge in [-0.25, -0.2) is 9.18 Å². The highest BCUT2D eigenvalue weighted by Crippen LogP contribution is 2.15. The van der Waals surface area contributed by atoms with Crippen molar-refractivity contribution in [3.8, 4) is 5.75 Å². The van der Waals surface area contributed by atoms with Crippen molar-refractivity contribution in [3.63, 3.8) is 0 Å². The molecular weight excluding hydrogens is 235 g/mol. The van der Waals surface area contributed by atoms with Crippen LogP contribution in [-0.2, 0) is 0 Å². The second-order valence-electron chi connectivity index (χ2n) is 3.61. The van der Waals surface area contributed by atoms with Crippen molar-refractivity contribution in [1.82, 2.24) is 0 Å². The molecule has 0 aliphatic rings. The molecule has 4 nitrogen and oxygen atoms in total. The summed E-state index contributed by atoms with van der Waals surface area (Å²) in [5, 5.41) is 14.0. The monoisotopic (exact) mass is 246 g/mol. The van der Waals surface area contributed by atoms with Crippen molar-refractivity contribution in [3.05, 3.63) is 54.3 Å². The number of hydrogen-bond acceptors (Lipinski definition) is 2. The number of amides is 2. The summed E-state index contributed by atoms with van der Waals surface area (Å²) in [6.45, 7) is 0. The molecule has 0 atom stereocenters. The number of anilines is 2. The Morgan fingerprint density at radius 2 is 1.67 bits per heavy atom. The van der Waals surface area contributed by atoms with Gasteiger partial charge in [-0.1, -0.05) is 12.1 Å². The zero-order valence-corrected chi connectivity index (χ0v) is 9.35. The number of rotatable bonds is 2. The summed E-state index contributed by atoms with van der Waals surface area (Å²) in [4.78, 5) is 11.6. The van der Waals surface area contributed by atoms with Gasteiger partial charge in [-0.05, 0) is 36.4 Å². The predicted octanol–water partition coefficient (Wildman–Crippen LogP) is 3.18. The zero-order valence-electron chi connectivity index (χ0n) is 9.35.